The zero-order chi connectivity index (χ0) is 25.2. The first kappa shape index (κ1) is 24.7. The van der Waals surface area contributed by atoms with Crippen molar-refractivity contribution in [3.05, 3.63) is 89.0 Å². The van der Waals surface area contributed by atoms with Crippen molar-refractivity contribution in [2.24, 2.45) is 0 Å². The maximum absolute atomic E-state index is 12.8. The fourth-order valence-corrected chi connectivity index (χ4v) is 4.67. The molecule has 0 aliphatic carbocycles. The molecule has 5 nitrogen and oxygen atoms in total. The van der Waals surface area contributed by atoms with Crippen molar-refractivity contribution in [2.75, 3.05) is 11.1 Å². The van der Waals surface area contributed by atoms with Gasteiger partial charge in [0.1, 0.15) is 0 Å². The van der Waals surface area contributed by atoms with Crippen molar-refractivity contribution in [3.63, 3.8) is 0 Å². The predicted molar refractivity (Wildman–Crippen MR) is 146 cm³/mol. The molecule has 0 bridgehead atoms. The molecule has 4 rings (SSSR count). The Morgan fingerprint density at radius 3 is 2.11 bits per heavy atom. The van der Waals surface area contributed by atoms with Gasteiger partial charge in [0, 0.05) is 16.9 Å². The summed E-state index contributed by atoms with van der Waals surface area (Å²) in [6.07, 6.45) is 0. The van der Waals surface area contributed by atoms with Crippen LogP contribution in [0.4, 0.5) is 5.69 Å². The molecule has 0 fully saturated rings. The Morgan fingerprint density at radius 1 is 0.886 bits per heavy atom. The molecule has 0 saturated carbocycles. The summed E-state index contributed by atoms with van der Waals surface area (Å²) in [7, 11) is 0. The molecule has 0 aliphatic heterocycles. The van der Waals surface area contributed by atoms with Crippen LogP contribution >= 0.6 is 11.8 Å². The average Bonchev–Trinajstić information content (AvgIpc) is 3.24. The number of nitrogens with one attached hydrogen (secondary N) is 1. The number of carbonyl (C=O) groups is 1. The van der Waals surface area contributed by atoms with E-state index < -0.39 is 0 Å². The lowest BCUT2D eigenvalue weighted by molar-refractivity contribution is -0.113. The second kappa shape index (κ2) is 10.1. The van der Waals surface area contributed by atoms with E-state index in [0.29, 0.717) is 5.16 Å². The fraction of sp³-hybridized carbons (Fsp3) is 0.276. The van der Waals surface area contributed by atoms with Gasteiger partial charge in [0.15, 0.2) is 11.0 Å². The highest BCUT2D eigenvalue weighted by atomic mass is 32.2. The molecule has 0 spiro atoms. The van der Waals surface area contributed by atoms with Crippen LogP contribution in [-0.4, -0.2) is 26.4 Å². The van der Waals surface area contributed by atoms with E-state index >= 15 is 0 Å². The number of benzene rings is 3. The standard InChI is InChI=1S/C29H32N4OS/c1-19-10-16-24(17-11-19)33-27(22-12-14-23(15-13-22)29(4,5)6)31-32-28(33)35-18-25(34)30-26-20(2)8-7-9-21(26)3/h7-17H,18H2,1-6H3,(H,30,34). The summed E-state index contributed by atoms with van der Waals surface area (Å²) in [6.45, 7) is 12.7. The van der Waals surface area contributed by atoms with Gasteiger partial charge >= 0.3 is 0 Å². The van der Waals surface area contributed by atoms with Crippen LogP contribution in [0.3, 0.4) is 0 Å². The molecule has 0 atom stereocenters. The van der Waals surface area contributed by atoms with E-state index in [1.807, 2.05) is 36.6 Å². The lowest BCUT2D eigenvalue weighted by Crippen LogP contribution is -2.16. The molecule has 35 heavy (non-hydrogen) atoms. The van der Waals surface area contributed by atoms with Crippen LogP contribution in [0.15, 0.2) is 71.9 Å². The topological polar surface area (TPSA) is 59.8 Å². The number of rotatable bonds is 6. The number of aromatic nitrogens is 3. The summed E-state index contributed by atoms with van der Waals surface area (Å²) in [5, 5.41) is 12.7. The molecule has 0 aliphatic rings. The normalized spacial score (nSPS) is 11.5. The molecule has 0 unspecified atom stereocenters. The van der Waals surface area contributed by atoms with Crippen molar-refractivity contribution in [3.8, 4) is 17.1 Å². The molecule has 180 valence electrons. The largest absolute Gasteiger partial charge is 0.325 e. The molecule has 6 heteroatoms. The molecule has 3 aromatic carbocycles. The van der Waals surface area contributed by atoms with E-state index in [0.717, 1.165) is 33.9 Å². The maximum Gasteiger partial charge on any atom is 0.234 e. The van der Waals surface area contributed by atoms with Crippen molar-refractivity contribution < 1.29 is 4.79 Å². The zero-order valence-electron chi connectivity index (χ0n) is 21.2. The summed E-state index contributed by atoms with van der Waals surface area (Å²) >= 11 is 1.39. The minimum absolute atomic E-state index is 0.0677. The van der Waals surface area contributed by atoms with Crippen LogP contribution in [0.1, 0.15) is 43.0 Å². The first-order valence-corrected chi connectivity index (χ1v) is 12.7. The quantitative estimate of drug-likeness (QED) is 0.303. The Bertz CT molecular complexity index is 1310. The second-order valence-electron chi connectivity index (χ2n) is 9.91. The fourth-order valence-electron chi connectivity index (χ4n) is 3.91. The third-order valence-corrected chi connectivity index (χ3v) is 6.94. The van der Waals surface area contributed by atoms with E-state index in [9.17, 15) is 4.79 Å². The maximum atomic E-state index is 12.8. The number of hydrogen-bond donors (Lipinski definition) is 1. The average molecular weight is 485 g/mol. The lowest BCUT2D eigenvalue weighted by atomic mass is 9.87. The van der Waals surface area contributed by atoms with Gasteiger partial charge in [-0.2, -0.15) is 0 Å². The number of thioether (sulfide) groups is 1. The number of nitrogens with zero attached hydrogens (tertiary/aromatic N) is 3. The number of carbonyl (C=O) groups excluding carboxylic acids is 1. The minimum atomic E-state index is -0.0677. The van der Waals surface area contributed by atoms with Crippen LogP contribution in [-0.2, 0) is 10.2 Å². The summed E-state index contributed by atoms with van der Waals surface area (Å²) in [5.74, 6) is 0.926. The number of aryl methyl sites for hydroxylation is 3. The van der Waals surface area contributed by atoms with Crippen LogP contribution in [0.5, 0.6) is 0 Å². The summed E-state index contributed by atoms with van der Waals surface area (Å²) in [4.78, 5) is 12.8. The van der Waals surface area contributed by atoms with E-state index in [1.54, 1.807) is 0 Å². The Labute approximate surface area is 212 Å². The Kier molecular flexibility index (Phi) is 7.13. The van der Waals surface area contributed by atoms with Gasteiger partial charge in [0.25, 0.3) is 0 Å². The van der Waals surface area contributed by atoms with Gasteiger partial charge in [0.05, 0.1) is 5.75 Å². The van der Waals surface area contributed by atoms with Crippen molar-refractivity contribution in [1.29, 1.82) is 0 Å². The van der Waals surface area contributed by atoms with Gasteiger partial charge in [-0.05, 0) is 55.0 Å². The summed E-state index contributed by atoms with van der Waals surface area (Å²) < 4.78 is 2.03. The molecule has 1 heterocycles. The van der Waals surface area contributed by atoms with Gasteiger partial charge in [-0.25, -0.2) is 0 Å². The smallest absolute Gasteiger partial charge is 0.234 e. The molecular weight excluding hydrogens is 452 g/mol. The molecular formula is C29H32N4OS. The molecule has 1 N–H and O–H groups in total. The third-order valence-electron chi connectivity index (χ3n) is 6.01. The van der Waals surface area contributed by atoms with Crippen LogP contribution in [0, 0.1) is 20.8 Å². The lowest BCUT2D eigenvalue weighted by Gasteiger charge is -2.19. The number of para-hydroxylation sites is 1. The van der Waals surface area contributed by atoms with Gasteiger partial charge in [-0.15, -0.1) is 10.2 Å². The van der Waals surface area contributed by atoms with Gasteiger partial charge < -0.3 is 5.32 Å². The van der Waals surface area contributed by atoms with Crippen LogP contribution in [0.2, 0.25) is 0 Å². The molecule has 4 aromatic rings. The minimum Gasteiger partial charge on any atom is -0.325 e. The number of hydrogen-bond acceptors (Lipinski definition) is 4. The van der Waals surface area contributed by atoms with Crippen molar-refractivity contribution in [1.82, 2.24) is 14.8 Å². The van der Waals surface area contributed by atoms with Gasteiger partial charge in [-0.1, -0.05) is 92.7 Å². The number of amides is 1. The zero-order valence-corrected chi connectivity index (χ0v) is 22.0. The second-order valence-corrected chi connectivity index (χ2v) is 10.9. The first-order valence-electron chi connectivity index (χ1n) is 11.8. The molecule has 0 saturated heterocycles. The van der Waals surface area contributed by atoms with E-state index in [1.165, 1.54) is 22.9 Å². The highest BCUT2D eigenvalue weighted by Crippen LogP contribution is 2.30. The van der Waals surface area contributed by atoms with E-state index in [2.05, 4.69) is 91.7 Å². The van der Waals surface area contributed by atoms with Crippen molar-refractivity contribution in [2.45, 2.75) is 52.1 Å². The SMILES string of the molecule is Cc1ccc(-n2c(SCC(=O)Nc3c(C)cccc3C)nnc2-c2ccc(C(C)(C)C)cc2)cc1. The highest BCUT2D eigenvalue weighted by molar-refractivity contribution is 7.99. The molecule has 1 amide bonds. The number of anilines is 1. The summed E-state index contributed by atoms with van der Waals surface area (Å²) in [5.41, 5.74) is 7.44. The first-order chi connectivity index (χ1) is 16.6. The van der Waals surface area contributed by atoms with Crippen LogP contribution < -0.4 is 5.32 Å². The van der Waals surface area contributed by atoms with Gasteiger partial charge in [-0.3, -0.25) is 9.36 Å². The van der Waals surface area contributed by atoms with E-state index in [-0.39, 0.29) is 17.1 Å². The van der Waals surface area contributed by atoms with Gasteiger partial charge in [0.2, 0.25) is 5.91 Å². The van der Waals surface area contributed by atoms with Crippen molar-refractivity contribution >= 4 is 23.4 Å². The van der Waals surface area contributed by atoms with E-state index in [4.69, 9.17) is 0 Å². The third kappa shape index (κ3) is 5.65. The summed E-state index contributed by atoms with van der Waals surface area (Å²) in [6, 6.07) is 22.8. The monoisotopic (exact) mass is 484 g/mol. The molecule has 1 aromatic heterocycles. The Hall–Kier alpha value is -3.38. The highest BCUT2D eigenvalue weighted by Gasteiger charge is 2.19. The predicted octanol–water partition coefficient (Wildman–Crippen LogP) is 6.89. The molecule has 0 radical (unpaired) electrons. The van der Waals surface area contributed by atoms with Crippen LogP contribution in [0.25, 0.3) is 17.1 Å². The Balaban J connectivity index is 1.63. The Morgan fingerprint density at radius 2 is 1.51 bits per heavy atom.